The van der Waals surface area contributed by atoms with E-state index in [0.717, 1.165) is 5.56 Å². The fourth-order valence-corrected chi connectivity index (χ4v) is 5.88. The molecule has 3 aromatic rings. The third kappa shape index (κ3) is 3.31. The van der Waals surface area contributed by atoms with E-state index in [2.05, 4.69) is 11.1 Å². The van der Waals surface area contributed by atoms with Crippen molar-refractivity contribution in [3.8, 4) is 17.6 Å². The number of nitrogens with zero attached hydrogens (tertiary/aromatic N) is 5. The number of carbonyl (C=O) groups is 3. The zero-order valence-electron chi connectivity index (χ0n) is 20.2. The third-order valence-electron chi connectivity index (χ3n) is 7.50. The van der Waals surface area contributed by atoms with Crippen LogP contribution in [0.25, 0.3) is 10.9 Å². The van der Waals surface area contributed by atoms with Crippen LogP contribution in [-0.4, -0.2) is 71.5 Å². The van der Waals surface area contributed by atoms with Gasteiger partial charge in [-0.15, -0.1) is 0 Å². The van der Waals surface area contributed by atoms with Gasteiger partial charge in [0.25, 0.3) is 5.91 Å². The van der Waals surface area contributed by atoms with Crippen LogP contribution in [0.2, 0.25) is 0 Å². The topological polar surface area (TPSA) is 116 Å². The molecule has 4 amide bonds. The fourth-order valence-electron chi connectivity index (χ4n) is 5.88. The molecule has 3 aliphatic heterocycles. The predicted molar refractivity (Wildman–Crippen MR) is 132 cm³/mol. The molecule has 10 heteroatoms. The van der Waals surface area contributed by atoms with Crippen molar-refractivity contribution in [3.05, 3.63) is 59.8 Å². The van der Waals surface area contributed by atoms with Gasteiger partial charge in [0.05, 0.1) is 49.5 Å². The predicted octanol–water partition coefficient (Wildman–Crippen LogP) is 2.49. The van der Waals surface area contributed by atoms with Crippen molar-refractivity contribution in [3.63, 3.8) is 0 Å². The normalized spacial score (nSPS) is 22.0. The first-order valence-electron chi connectivity index (χ1n) is 11.9. The number of ether oxygens (including phenoxy) is 2. The largest absolute Gasteiger partial charge is 0.493 e. The molecule has 2 bridgehead atoms. The van der Waals surface area contributed by atoms with Crippen LogP contribution in [0.1, 0.15) is 17.5 Å². The summed E-state index contributed by atoms with van der Waals surface area (Å²) in [6.45, 7) is 0.385. The molecule has 3 unspecified atom stereocenters. The second-order valence-electron chi connectivity index (χ2n) is 9.32. The molecule has 4 heterocycles. The molecule has 37 heavy (non-hydrogen) atoms. The van der Waals surface area contributed by atoms with Gasteiger partial charge in [-0.1, -0.05) is 6.07 Å². The molecule has 0 saturated carbocycles. The molecule has 0 radical (unpaired) electrons. The molecule has 0 N–H and O–H groups in total. The highest BCUT2D eigenvalue weighted by atomic mass is 16.5. The molecule has 6 rings (SSSR count). The number of nitriles is 1. The average molecular weight is 498 g/mol. The number of benzene rings is 2. The van der Waals surface area contributed by atoms with Crippen molar-refractivity contribution in [1.29, 1.82) is 5.26 Å². The summed E-state index contributed by atoms with van der Waals surface area (Å²) in [4.78, 5) is 49.3. The molecule has 186 valence electrons. The maximum atomic E-state index is 13.7. The van der Waals surface area contributed by atoms with E-state index in [1.807, 2.05) is 6.07 Å². The van der Waals surface area contributed by atoms with Crippen LogP contribution in [0.15, 0.2) is 48.7 Å². The minimum atomic E-state index is -0.733. The minimum Gasteiger partial charge on any atom is -0.493 e. The van der Waals surface area contributed by atoms with Gasteiger partial charge < -0.3 is 19.3 Å². The zero-order valence-corrected chi connectivity index (χ0v) is 20.2. The highest BCUT2D eigenvalue weighted by molar-refractivity contribution is 6.25. The number of hydrogen-bond donors (Lipinski definition) is 0. The Morgan fingerprint density at radius 2 is 1.95 bits per heavy atom. The lowest BCUT2D eigenvalue weighted by Crippen LogP contribution is -2.55. The molecule has 3 aliphatic rings. The molecule has 0 aliphatic carbocycles. The van der Waals surface area contributed by atoms with E-state index < -0.39 is 12.1 Å². The zero-order chi connectivity index (χ0) is 25.8. The number of pyridine rings is 1. The number of hydrogen-bond acceptors (Lipinski definition) is 7. The summed E-state index contributed by atoms with van der Waals surface area (Å²) in [5.74, 6) is 0.649. The Labute approximate surface area is 212 Å². The van der Waals surface area contributed by atoms with Gasteiger partial charge in [0.15, 0.2) is 11.5 Å². The van der Waals surface area contributed by atoms with Crippen LogP contribution >= 0.6 is 0 Å². The first kappa shape index (κ1) is 22.8. The van der Waals surface area contributed by atoms with Crippen molar-refractivity contribution < 1.29 is 23.9 Å². The number of urea groups is 1. The summed E-state index contributed by atoms with van der Waals surface area (Å²) in [6.07, 6.45) is 2.29. The van der Waals surface area contributed by atoms with E-state index in [4.69, 9.17) is 9.47 Å². The number of fused-ring (bicyclic) bond motifs is 6. The highest BCUT2D eigenvalue weighted by Crippen LogP contribution is 2.44. The fraction of sp³-hybridized carbons (Fsp3) is 0.296. The van der Waals surface area contributed by atoms with E-state index in [9.17, 15) is 19.6 Å². The average Bonchev–Trinajstić information content (AvgIpc) is 3.59. The van der Waals surface area contributed by atoms with Crippen LogP contribution in [0.3, 0.4) is 0 Å². The van der Waals surface area contributed by atoms with Crippen LogP contribution in [0, 0.1) is 11.3 Å². The number of aromatic nitrogens is 1. The molecular weight excluding hydrogens is 474 g/mol. The smallest absolute Gasteiger partial charge is 0.332 e. The van der Waals surface area contributed by atoms with Gasteiger partial charge in [0.1, 0.15) is 12.1 Å². The van der Waals surface area contributed by atoms with Gasteiger partial charge in [-0.2, -0.15) is 5.26 Å². The van der Waals surface area contributed by atoms with Crippen LogP contribution < -0.4 is 14.4 Å². The quantitative estimate of drug-likeness (QED) is 0.497. The van der Waals surface area contributed by atoms with Gasteiger partial charge in [-0.05, 0) is 48.4 Å². The first-order valence-corrected chi connectivity index (χ1v) is 11.9. The first-order chi connectivity index (χ1) is 18.0. The third-order valence-corrected chi connectivity index (χ3v) is 7.50. The molecular formula is C27H23N5O5. The molecule has 2 aromatic carbocycles. The number of anilines is 1. The number of carbonyl (C=O) groups excluding carboxylic acids is 3. The lowest BCUT2D eigenvalue weighted by Gasteiger charge is -2.35. The van der Waals surface area contributed by atoms with Crippen LogP contribution in [-0.2, 0) is 16.0 Å². The Hall–Kier alpha value is -4.65. The number of piperazine rings is 1. The van der Waals surface area contributed by atoms with Gasteiger partial charge in [0, 0.05) is 18.1 Å². The summed E-state index contributed by atoms with van der Waals surface area (Å²) in [5.41, 5.74) is 1.97. The Morgan fingerprint density at radius 1 is 1.14 bits per heavy atom. The number of imide groups is 1. The van der Waals surface area contributed by atoms with Gasteiger partial charge in [-0.3, -0.25) is 14.6 Å². The summed E-state index contributed by atoms with van der Waals surface area (Å²) >= 11 is 0. The molecule has 3 saturated heterocycles. The van der Waals surface area contributed by atoms with Gasteiger partial charge in [0.2, 0.25) is 5.91 Å². The van der Waals surface area contributed by atoms with Crippen molar-refractivity contribution in [1.82, 2.24) is 14.8 Å². The van der Waals surface area contributed by atoms with Crippen LogP contribution in [0.4, 0.5) is 10.5 Å². The minimum absolute atomic E-state index is 0.105. The van der Waals surface area contributed by atoms with Crippen LogP contribution in [0.5, 0.6) is 11.5 Å². The Morgan fingerprint density at radius 3 is 2.70 bits per heavy atom. The van der Waals surface area contributed by atoms with E-state index in [1.54, 1.807) is 66.6 Å². The standard InChI is InChI=1S/C27H23N5O5/c1-36-21-8-5-15(10-22(21)37-2)11-23(33)30-14-17-12-20(30)25-26(34)32(27(35)31(17)25)19-7-6-16(13-28)24-18(19)4-3-9-29-24/h3-10,17,20,25H,11-12,14H2,1-2H3. The van der Waals surface area contributed by atoms with E-state index in [1.165, 1.54) is 4.90 Å². The maximum Gasteiger partial charge on any atom is 0.332 e. The molecule has 3 atom stereocenters. The summed E-state index contributed by atoms with van der Waals surface area (Å²) < 4.78 is 10.6. The monoisotopic (exact) mass is 497 g/mol. The molecule has 0 spiro atoms. The Bertz CT molecular complexity index is 1510. The maximum absolute atomic E-state index is 13.7. The van der Waals surface area contributed by atoms with Crippen molar-refractivity contribution in [2.75, 3.05) is 25.7 Å². The van der Waals surface area contributed by atoms with E-state index >= 15 is 0 Å². The van der Waals surface area contributed by atoms with Crippen molar-refractivity contribution in [2.45, 2.75) is 31.0 Å². The Balaban J connectivity index is 1.27. The summed E-state index contributed by atoms with van der Waals surface area (Å²) in [5, 5.41) is 10.0. The van der Waals surface area contributed by atoms with E-state index in [0.29, 0.717) is 46.6 Å². The molecule has 10 nitrogen and oxygen atoms in total. The highest BCUT2D eigenvalue weighted by Gasteiger charge is 2.62. The molecule has 1 aromatic heterocycles. The second-order valence-corrected chi connectivity index (χ2v) is 9.32. The summed E-state index contributed by atoms with van der Waals surface area (Å²) in [6, 6.07) is 12.3. The second kappa shape index (κ2) is 8.48. The van der Waals surface area contributed by atoms with Crippen molar-refractivity contribution >= 4 is 34.4 Å². The van der Waals surface area contributed by atoms with Gasteiger partial charge >= 0.3 is 6.03 Å². The number of rotatable bonds is 5. The molecule has 3 fully saturated rings. The number of likely N-dealkylation sites (tertiary alicyclic amines) is 1. The lowest BCUT2D eigenvalue weighted by atomic mass is 10.1. The number of methoxy groups -OCH3 is 2. The Kier molecular flexibility index (Phi) is 5.22. The lowest BCUT2D eigenvalue weighted by molar-refractivity contribution is -0.135. The van der Waals surface area contributed by atoms with E-state index in [-0.39, 0.29) is 30.3 Å². The summed E-state index contributed by atoms with van der Waals surface area (Å²) in [7, 11) is 3.09. The van der Waals surface area contributed by atoms with Gasteiger partial charge in [-0.25, -0.2) is 9.69 Å². The van der Waals surface area contributed by atoms with Crippen molar-refractivity contribution in [2.24, 2.45) is 0 Å². The SMILES string of the molecule is COc1ccc(CC(=O)N2CC3CC2C2C(=O)N(c4ccc(C#N)c5ncccc45)C(=O)N32)cc1OC. The number of amides is 4.